The molecule has 1 amide bonds. The van der Waals surface area contributed by atoms with Gasteiger partial charge in [-0.15, -0.1) is 11.3 Å². The number of hydrogen-bond donors (Lipinski definition) is 2. The van der Waals surface area contributed by atoms with Crippen molar-refractivity contribution in [1.82, 2.24) is 4.98 Å². The first kappa shape index (κ1) is 14.0. The van der Waals surface area contributed by atoms with E-state index >= 15 is 0 Å². The molecule has 1 saturated heterocycles. The third-order valence-corrected chi connectivity index (χ3v) is 4.95. The lowest BCUT2D eigenvalue weighted by atomic mass is 9.99. The van der Waals surface area contributed by atoms with Crippen LogP contribution in [0.5, 0.6) is 0 Å². The number of thiazole rings is 1. The number of hydrogen-bond acceptors (Lipinski definition) is 5. The number of aromatic nitrogens is 1. The molecule has 3 rings (SSSR count). The first-order valence-electron chi connectivity index (χ1n) is 7.36. The SMILES string of the molecule is N[C@H]1CCc2nc(NC(=O)CC3CCCCO3)sc2C1. The molecular formula is C14H21N3O2S. The topological polar surface area (TPSA) is 77.2 Å². The number of nitrogens with two attached hydrogens (primary N) is 1. The Labute approximate surface area is 122 Å². The van der Waals surface area contributed by atoms with Gasteiger partial charge in [0.1, 0.15) is 0 Å². The average molecular weight is 295 g/mol. The highest BCUT2D eigenvalue weighted by molar-refractivity contribution is 7.15. The fraction of sp³-hybridized carbons (Fsp3) is 0.714. The molecule has 0 saturated carbocycles. The second kappa shape index (κ2) is 6.20. The molecule has 1 aromatic rings. The van der Waals surface area contributed by atoms with Gasteiger partial charge in [-0.25, -0.2) is 4.98 Å². The lowest BCUT2D eigenvalue weighted by Crippen LogP contribution is -2.27. The second-order valence-corrected chi connectivity index (χ2v) is 6.72. The van der Waals surface area contributed by atoms with Gasteiger partial charge in [-0.3, -0.25) is 4.79 Å². The van der Waals surface area contributed by atoms with Gasteiger partial charge in [0.2, 0.25) is 5.91 Å². The van der Waals surface area contributed by atoms with Gasteiger partial charge in [-0.1, -0.05) is 0 Å². The molecule has 1 unspecified atom stereocenters. The molecule has 0 spiro atoms. The van der Waals surface area contributed by atoms with Gasteiger partial charge in [0.15, 0.2) is 5.13 Å². The van der Waals surface area contributed by atoms with Crippen LogP contribution in [0.3, 0.4) is 0 Å². The summed E-state index contributed by atoms with van der Waals surface area (Å²) in [5.74, 6) is 0.00676. The summed E-state index contributed by atoms with van der Waals surface area (Å²) in [4.78, 5) is 17.7. The minimum absolute atomic E-state index is 0.00676. The van der Waals surface area contributed by atoms with Crippen molar-refractivity contribution in [2.75, 3.05) is 11.9 Å². The number of carbonyl (C=O) groups is 1. The Kier molecular flexibility index (Phi) is 4.33. The maximum Gasteiger partial charge on any atom is 0.228 e. The Morgan fingerprint density at radius 3 is 3.15 bits per heavy atom. The number of nitrogens with zero attached hydrogens (tertiary/aromatic N) is 1. The lowest BCUT2D eigenvalue weighted by Gasteiger charge is -2.21. The number of aryl methyl sites for hydroxylation is 1. The number of rotatable bonds is 3. The third-order valence-electron chi connectivity index (χ3n) is 3.91. The quantitative estimate of drug-likeness (QED) is 0.892. The first-order chi connectivity index (χ1) is 9.70. The van der Waals surface area contributed by atoms with Crippen molar-refractivity contribution in [2.24, 2.45) is 5.73 Å². The first-order valence-corrected chi connectivity index (χ1v) is 8.18. The van der Waals surface area contributed by atoms with Crippen LogP contribution in [0.25, 0.3) is 0 Å². The van der Waals surface area contributed by atoms with Crippen LogP contribution in [0.2, 0.25) is 0 Å². The van der Waals surface area contributed by atoms with E-state index in [1.807, 2.05) is 0 Å². The lowest BCUT2D eigenvalue weighted by molar-refractivity contribution is -0.119. The van der Waals surface area contributed by atoms with Gasteiger partial charge in [0.05, 0.1) is 18.2 Å². The van der Waals surface area contributed by atoms with Gasteiger partial charge in [0.25, 0.3) is 0 Å². The second-order valence-electron chi connectivity index (χ2n) is 5.63. The van der Waals surface area contributed by atoms with Crippen molar-refractivity contribution in [3.63, 3.8) is 0 Å². The fourth-order valence-electron chi connectivity index (χ4n) is 2.80. The maximum atomic E-state index is 12.0. The van der Waals surface area contributed by atoms with Crippen molar-refractivity contribution < 1.29 is 9.53 Å². The third kappa shape index (κ3) is 3.37. The number of carbonyl (C=O) groups excluding carboxylic acids is 1. The minimum atomic E-state index is 0.00676. The molecule has 2 heterocycles. The maximum absolute atomic E-state index is 12.0. The largest absolute Gasteiger partial charge is 0.378 e. The number of anilines is 1. The molecule has 110 valence electrons. The van der Waals surface area contributed by atoms with E-state index in [2.05, 4.69) is 10.3 Å². The highest BCUT2D eigenvalue weighted by Gasteiger charge is 2.22. The molecule has 0 bridgehead atoms. The molecule has 2 aliphatic rings. The summed E-state index contributed by atoms with van der Waals surface area (Å²) in [7, 11) is 0. The van der Waals surface area contributed by atoms with Crippen molar-refractivity contribution in [2.45, 2.75) is 57.1 Å². The Hall–Kier alpha value is -0.980. The number of ether oxygens (including phenoxy) is 1. The van der Waals surface area contributed by atoms with Gasteiger partial charge in [-0.05, 0) is 38.5 Å². The van der Waals surface area contributed by atoms with Crippen molar-refractivity contribution in [1.29, 1.82) is 0 Å². The van der Waals surface area contributed by atoms with Gasteiger partial charge >= 0.3 is 0 Å². The average Bonchev–Trinajstić information content (AvgIpc) is 2.80. The molecule has 1 aromatic heterocycles. The fourth-order valence-corrected chi connectivity index (χ4v) is 3.92. The molecular weight excluding hydrogens is 274 g/mol. The van der Waals surface area contributed by atoms with E-state index in [0.29, 0.717) is 11.6 Å². The minimum Gasteiger partial charge on any atom is -0.378 e. The van der Waals surface area contributed by atoms with Crippen LogP contribution in [0, 0.1) is 0 Å². The van der Waals surface area contributed by atoms with E-state index in [1.54, 1.807) is 11.3 Å². The van der Waals surface area contributed by atoms with Crippen LogP contribution in [0.1, 0.15) is 42.7 Å². The molecule has 20 heavy (non-hydrogen) atoms. The predicted octanol–water partition coefficient (Wildman–Crippen LogP) is 1.86. The Bertz CT molecular complexity index is 483. The Morgan fingerprint density at radius 2 is 2.35 bits per heavy atom. The van der Waals surface area contributed by atoms with Gasteiger partial charge in [-0.2, -0.15) is 0 Å². The van der Waals surface area contributed by atoms with Crippen LogP contribution in [0.15, 0.2) is 0 Å². The van der Waals surface area contributed by atoms with Crippen molar-refractivity contribution in [3.05, 3.63) is 10.6 Å². The summed E-state index contributed by atoms with van der Waals surface area (Å²) in [6, 6.07) is 0.238. The van der Waals surface area contributed by atoms with Crippen LogP contribution in [0.4, 0.5) is 5.13 Å². The normalized spacial score (nSPS) is 26.1. The van der Waals surface area contributed by atoms with Crippen LogP contribution < -0.4 is 11.1 Å². The molecule has 2 atom stereocenters. The number of amides is 1. The molecule has 0 radical (unpaired) electrons. The summed E-state index contributed by atoms with van der Waals surface area (Å²) in [6.45, 7) is 0.779. The zero-order valence-corrected chi connectivity index (χ0v) is 12.4. The molecule has 1 aliphatic carbocycles. The predicted molar refractivity (Wildman–Crippen MR) is 79.0 cm³/mol. The standard InChI is InChI=1S/C14H21N3O2S/c15-9-4-5-11-12(7-9)20-14(16-11)17-13(18)8-10-3-1-2-6-19-10/h9-10H,1-8,15H2,(H,16,17,18)/t9-,10?/m0/s1. The van der Waals surface area contributed by atoms with Crippen LogP contribution in [-0.2, 0) is 22.4 Å². The van der Waals surface area contributed by atoms with Crippen molar-refractivity contribution in [3.8, 4) is 0 Å². The summed E-state index contributed by atoms with van der Waals surface area (Å²) in [5.41, 5.74) is 7.07. The van der Waals surface area contributed by atoms with Gasteiger partial charge < -0.3 is 15.8 Å². The molecule has 0 aromatic carbocycles. The summed E-state index contributed by atoms with van der Waals surface area (Å²) >= 11 is 1.57. The highest BCUT2D eigenvalue weighted by Crippen LogP contribution is 2.29. The summed E-state index contributed by atoms with van der Waals surface area (Å²) in [5, 5.41) is 3.62. The van der Waals surface area contributed by atoms with E-state index in [4.69, 9.17) is 10.5 Å². The Balaban J connectivity index is 1.56. The monoisotopic (exact) mass is 295 g/mol. The van der Waals surface area contributed by atoms with Crippen molar-refractivity contribution >= 4 is 22.4 Å². The summed E-state index contributed by atoms with van der Waals surface area (Å²) in [6.07, 6.45) is 6.55. The van der Waals surface area contributed by atoms with E-state index in [1.165, 1.54) is 4.88 Å². The number of fused-ring (bicyclic) bond motifs is 1. The van der Waals surface area contributed by atoms with Crippen LogP contribution >= 0.6 is 11.3 Å². The van der Waals surface area contributed by atoms with Gasteiger partial charge in [0, 0.05) is 17.5 Å². The van der Waals surface area contributed by atoms with E-state index < -0.39 is 0 Å². The van der Waals surface area contributed by atoms with Crippen LogP contribution in [-0.4, -0.2) is 29.6 Å². The molecule has 6 heteroatoms. The molecule has 1 aliphatic heterocycles. The van der Waals surface area contributed by atoms with E-state index in [0.717, 1.165) is 50.8 Å². The molecule has 3 N–H and O–H groups in total. The Morgan fingerprint density at radius 1 is 1.45 bits per heavy atom. The molecule has 5 nitrogen and oxygen atoms in total. The highest BCUT2D eigenvalue weighted by atomic mass is 32.1. The zero-order chi connectivity index (χ0) is 13.9. The van der Waals surface area contributed by atoms with E-state index in [-0.39, 0.29) is 18.1 Å². The molecule has 1 fully saturated rings. The smallest absolute Gasteiger partial charge is 0.228 e. The van der Waals surface area contributed by atoms with E-state index in [9.17, 15) is 4.79 Å². The summed E-state index contributed by atoms with van der Waals surface area (Å²) < 4.78 is 5.59. The number of nitrogens with one attached hydrogen (secondary N) is 1. The zero-order valence-electron chi connectivity index (χ0n) is 11.6.